The van der Waals surface area contributed by atoms with Crippen molar-refractivity contribution in [1.82, 2.24) is 0 Å². The molecule has 0 aromatic heterocycles. The number of nitrogens with zero attached hydrogens (tertiary/aromatic N) is 1. The van der Waals surface area contributed by atoms with Gasteiger partial charge in [0.05, 0.1) is 0 Å². The molecule has 82 valence electrons. The Hall–Kier alpha value is -1.57. The standard InChI is InChI=1S/C14H15NO/c1-2-13(16)15-10-14(8-5-9-14)11-6-3-4-7-12(11)15/h2-4,6-7H,1,5,8-10H2. The van der Waals surface area contributed by atoms with Gasteiger partial charge < -0.3 is 4.90 Å². The first-order chi connectivity index (χ1) is 7.77. The van der Waals surface area contributed by atoms with Gasteiger partial charge in [-0.2, -0.15) is 0 Å². The van der Waals surface area contributed by atoms with E-state index in [1.54, 1.807) is 0 Å². The molecule has 1 aliphatic heterocycles. The zero-order valence-corrected chi connectivity index (χ0v) is 9.28. The van der Waals surface area contributed by atoms with Crippen LogP contribution in [0.25, 0.3) is 0 Å². The van der Waals surface area contributed by atoms with Crippen LogP contribution >= 0.6 is 0 Å². The Morgan fingerprint density at radius 3 is 2.75 bits per heavy atom. The highest BCUT2D eigenvalue weighted by molar-refractivity contribution is 6.03. The molecule has 2 nitrogen and oxygen atoms in total. The van der Waals surface area contributed by atoms with Crippen LogP contribution in [0, 0.1) is 0 Å². The van der Waals surface area contributed by atoms with Gasteiger partial charge in [-0.3, -0.25) is 4.79 Å². The van der Waals surface area contributed by atoms with Gasteiger partial charge in [0.25, 0.3) is 0 Å². The highest BCUT2D eigenvalue weighted by atomic mass is 16.2. The minimum atomic E-state index is 0.0243. The summed E-state index contributed by atoms with van der Waals surface area (Å²) < 4.78 is 0. The summed E-state index contributed by atoms with van der Waals surface area (Å²) in [7, 11) is 0. The van der Waals surface area contributed by atoms with Crippen LogP contribution in [0.5, 0.6) is 0 Å². The summed E-state index contributed by atoms with van der Waals surface area (Å²) >= 11 is 0. The Morgan fingerprint density at radius 1 is 1.38 bits per heavy atom. The summed E-state index contributed by atoms with van der Waals surface area (Å²) in [6.07, 6.45) is 5.12. The zero-order chi connectivity index (χ0) is 11.2. The van der Waals surface area contributed by atoms with Crippen LogP contribution in [-0.2, 0) is 10.2 Å². The average molecular weight is 213 g/mol. The van der Waals surface area contributed by atoms with Gasteiger partial charge in [0.1, 0.15) is 0 Å². The molecule has 0 unspecified atom stereocenters. The van der Waals surface area contributed by atoms with E-state index in [2.05, 4.69) is 18.7 Å². The van der Waals surface area contributed by atoms with Crippen LogP contribution in [0.4, 0.5) is 5.69 Å². The molecule has 1 aromatic rings. The molecule has 1 aromatic carbocycles. The Kier molecular flexibility index (Phi) is 1.93. The summed E-state index contributed by atoms with van der Waals surface area (Å²) in [6.45, 7) is 4.42. The van der Waals surface area contributed by atoms with Gasteiger partial charge in [-0.15, -0.1) is 0 Å². The van der Waals surface area contributed by atoms with Crippen molar-refractivity contribution < 1.29 is 4.79 Å². The number of benzene rings is 1. The molecule has 1 heterocycles. The maximum Gasteiger partial charge on any atom is 0.250 e. The van der Waals surface area contributed by atoms with E-state index in [0.717, 1.165) is 12.2 Å². The van der Waals surface area contributed by atoms with Crippen molar-refractivity contribution in [1.29, 1.82) is 0 Å². The van der Waals surface area contributed by atoms with Crippen LogP contribution in [0.2, 0.25) is 0 Å². The lowest BCUT2D eigenvalue weighted by Gasteiger charge is -2.38. The van der Waals surface area contributed by atoms with E-state index >= 15 is 0 Å². The number of anilines is 1. The minimum absolute atomic E-state index is 0.0243. The number of rotatable bonds is 1. The fraction of sp³-hybridized carbons (Fsp3) is 0.357. The lowest BCUT2D eigenvalue weighted by Crippen LogP contribution is -2.40. The highest BCUT2D eigenvalue weighted by Gasteiger charge is 2.47. The Bertz CT molecular complexity index is 460. The third-order valence-electron chi connectivity index (χ3n) is 3.98. The number of fused-ring (bicyclic) bond motifs is 2. The maximum absolute atomic E-state index is 11.8. The van der Waals surface area contributed by atoms with Gasteiger partial charge in [0, 0.05) is 17.6 Å². The van der Waals surface area contributed by atoms with Gasteiger partial charge in [-0.05, 0) is 30.5 Å². The topological polar surface area (TPSA) is 20.3 Å². The number of amides is 1. The Morgan fingerprint density at radius 2 is 2.12 bits per heavy atom. The van der Waals surface area contributed by atoms with Crippen molar-refractivity contribution in [2.45, 2.75) is 24.7 Å². The lowest BCUT2D eigenvalue weighted by molar-refractivity contribution is -0.114. The molecule has 1 amide bonds. The molecule has 1 saturated carbocycles. The monoisotopic (exact) mass is 213 g/mol. The SMILES string of the molecule is C=CC(=O)N1CC2(CCC2)c2ccccc21. The highest BCUT2D eigenvalue weighted by Crippen LogP contribution is 2.52. The molecule has 0 bridgehead atoms. The quantitative estimate of drug-likeness (QED) is 0.657. The van der Waals surface area contributed by atoms with Crippen molar-refractivity contribution >= 4 is 11.6 Å². The van der Waals surface area contributed by atoms with E-state index in [1.165, 1.54) is 30.9 Å². The van der Waals surface area contributed by atoms with Crippen LogP contribution in [0.3, 0.4) is 0 Å². The predicted octanol–water partition coefficient (Wildman–Crippen LogP) is 2.64. The summed E-state index contributed by atoms with van der Waals surface area (Å²) in [6, 6.07) is 8.29. The molecule has 0 radical (unpaired) electrons. The van der Waals surface area contributed by atoms with E-state index in [1.807, 2.05) is 17.0 Å². The first-order valence-electron chi connectivity index (χ1n) is 5.80. The molecular weight excluding hydrogens is 198 g/mol. The fourth-order valence-electron chi connectivity index (χ4n) is 2.97. The molecule has 1 aliphatic carbocycles. The first-order valence-corrected chi connectivity index (χ1v) is 5.80. The van der Waals surface area contributed by atoms with E-state index < -0.39 is 0 Å². The molecule has 3 rings (SSSR count). The van der Waals surface area contributed by atoms with Crippen molar-refractivity contribution in [3.05, 3.63) is 42.5 Å². The second kappa shape index (κ2) is 3.21. The Labute approximate surface area is 95.6 Å². The molecule has 0 N–H and O–H groups in total. The molecule has 1 spiro atoms. The smallest absolute Gasteiger partial charge is 0.250 e. The lowest BCUT2D eigenvalue weighted by atomic mass is 9.66. The maximum atomic E-state index is 11.8. The van der Waals surface area contributed by atoms with Crippen molar-refractivity contribution in [3.8, 4) is 0 Å². The number of hydrogen-bond acceptors (Lipinski definition) is 1. The van der Waals surface area contributed by atoms with Gasteiger partial charge in [0.2, 0.25) is 5.91 Å². The summed E-state index contributed by atoms with van der Waals surface area (Å²) in [5.41, 5.74) is 2.71. The number of para-hydroxylation sites is 1. The molecule has 1 fully saturated rings. The Balaban J connectivity index is 2.08. The molecule has 2 aliphatic rings. The van der Waals surface area contributed by atoms with Crippen LogP contribution in [0.1, 0.15) is 24.8 Å². The van der Waals surface area contributed by atoms with E-state index in [-0.39, 0.29) is 11.3 Å². The van der Waals surface area contributed by atoms with Gasteiger partial charge in [-0.25, -0.2) is 0 Å². The molecule has 2 heteroatoms. The van der Waals surface area contributed by atoms with Crippen LogP contribution < -0.4 is 4.90 Å². The largest absolute Gasteiger partial charge is 0.308 e. The predicted molar refractivity (Wildman–Crippen MR) is 64.5 cm³/mol. The van der Waals surface area contributed by atoms with Crippen molar-refractivity contribution in [2.75, 3.05) is 11.4 Å². The third-order valence-corrected chi connectivity index (χ3v) is 3.98. The van der Waals surface area contributed by atoms with Crippen LogP contribution in [-0.4, -0.2) is 12.5 Å². The molecule has 0 atom stereocenters. The molecule has 16 heavy (non-hydrogen) atoms. The summed E-state index contributed by atoms with van der Waals surface area (Å²) in [5, 5.41) is 0. The van der Waals surface area contributed by atoms with E-state index in [0.29, 0.717) is 0 Å². The van der Waals surface area contributed by atoms with E-state index in [4.69, 9.17) is 0 Å². The number of carbonyl (C=O) groups excluding carboxylic acids is 1. The fourth-order valence-corrected chi connectivity index (χ4v) is 2.97. The van der Waals surface area contributed by atoms with Crippen molar-refractivity contribution in [2.24, 2.45) is 0 Å². The van der Waals surface area contributed by atoms with E-state index in [9.17, 15) is 4.79 Å². The third kappa shape index (κ3) is 1.10. The number of hydrogen-bond donors (Lipinski definition) is 0. The minimum Gasteiger partial charge on any atom is -0.308 e. The van der Waals surface area contributed by atoms with Gasteiger partial charge in [0.15, 0.2) is 0 Å². The van der Waals surface area contributed by atoms with Crippen molar-refractivity contribution in [3.63, 3.8) is 0 Å². The van der Waals surface area contributed by atoms with Gasteiger partial charge >= 0.3 is 0 Å². The first kappa shape index (κ1) is 9.64. The summed E-state index contributed by atoms with van der Waals surface area (Å²) in [4.78, 5) is 13.7. The zero-order valence-electron chi connectivity index (χ0n) is 9.28. The van der Waals surface area contributed by atoms with Crippen LogP contribution in [0.15, 0.2) is 36.9 Å². The number of carbonyl (C=O) groups is 1. The molecular formula is C14H15NO. The average Bonchev–Trinajstić information content (AvgIpc) is 2.63. The second-order valence-electron chi connectivity index (χ2n) is 4.78. The molecule has 0 saturated heterocycles. The normalized spacial score (nSPS) is 20.4. The van der Waals surface area contributed by atoms with Gasteiger partial charge in [-0.1, -0.05) is 31.2 Å². The second-order valence-corrected chi connectivity index (χ2v) is 4.78. The summed E-state index contributed by atoms with van der Waals surface area (Å²) in [5.74, 6) is 0.0243.